The average Bonchev–Trinajstić information content (AvgIpc) is 2.63. The monoisotopic (exact) mass is 383 g/mol. The SMILES string of the molecule is CC(C)CN(C(=O)c1ccc(C#N)cc1)c1c(N)n(CC(C)C)c(=O)[nH]c1=O. The molecule has 0 saturated carbocycles. The maximum atomic E-state index is 13.2. The number of hydrogen-bond acceptors (Lipinski definition) is 5. The number of H-pyrrole nitrogens is 1. The molecule has 0 aliphatic carbocycles. The van der Waals surface area contributed by atoms with Gasteiger partial charge in [0, 0.05) is 18.7 Å². The molecule has 8 nitrogen and oxygen atoms in total. The molecule has 3 N–H and O–H groups in total. The van der Waals surface area contributed by atoms with Crippen molar-refractivity contribution in [1.82, 2.24) is 9.55 Å². The number of nitriles is 1. The van der Waals surface area contributed by atoms with Crippen LogP contribution in [0.4, 0.5) is 11.5 Å². The van der Waals surface area contributed by atoms with E-state index in [4.69, 9.17) is 11.0 Å². The summed E-state index contributed by atoms with van der Waals surface area (Å²) in [6, 6.07) is 8.13. The summed E-state index contributed by atoms with van der Waals surface area (Å²) in [7, 11) is 0. The minimum atomic E-state index is -0.704. The molecular formula is C20H25N5O3. The van der Waals surface area contributed by atoms with Crippen LogP contribution in [0, 0.1) is 23.2 Å². The number of aromatic nitrogens is 2. The van der Waals surface area contributed by atoms with E-state index < -0.39 is 17.2 Å². The first-order valence-corrected chi connectivity index (χ1v) is 9.10. The van der Waals surface area contributed by atoms with Crippen molar-refractivity contribution in [1.29, 1.82) is 5.26 Å². The van der Waals surface area contributed by atoms with Gasteiger partial charge in [0.05, 0.1) is 11.6 Å². The van der Waals surface area contributed by atoms with Gasteiger partial charge in [-0.25, -0.2) is 4.79 Å². The van der Waals surface area contributed by atoms with Crippen molar-refractivity contribution in [2.45, 2.75) is 34.2 Å². The lowest BCUT2D eigenvalue weighted by molar-refractivity contribution is 0.0983. The zero-order valence-electron chi connectivity index (χ0n) is 16.5. The normalized spacial score (nSPS) is 10.9. The highest BCUT2D eigenvalue weighted by molar-refractivity contribution is 6.07. The highest BCUT2D eigenvalue weighted by Gasteiger charge is 2.26. The van der Waals surface area contributed by atoms with Gasteiger partial charge in [0.1, 0.15) is 5.82 Å². The van der Waals surface area contributed by atoms with Crippen LogP contribution in [0.15, 0.2) is 33.9 Å². The molecule has 0 saturated heterocycles. The number of hydrogen-bond donors (Lipinski definition) is 2. The molecule has 8 heteroatoms. The third kappa shape index (κ3) is 4.49. The number of amides is 1. The smallest absolute Gasteiger partial charge is 0.330 e. The Bertz CT molecular complexity index is 1010. The van der Waals surface area contributed by atoms with Crippen molar-refractivity contribution in [2.24, 2.45) is 11.8 Å². The quantitative estimate of drug-likeness (QED) is 0.789. The minimum Gasteiger partial charge on any atom is -0.383 e. The van der Waals surface area contributed by atoms with E-state index in [2.05, 4.69) is 4.98 Å². The lowest BCUT2D eigenvalue weighted by Crippen LogP contribution is -2.43. The average molecular weight is 383 g/mol. The Morgan fingerprint density at radius 2 is 1.79 bits per heavy atom. The van der Waals surface area contributed by atoms with Crippen molar-refractivity contribution in [2.75, 3.05) is 17.2 Å². The van der Waals surface area contributed by atoms with E-state index in [9.17, 15) is 14.4 Å². The van der Waals surface area contributed by atoms with Crippen LogP contribution in [0.25, 0.3) is 0 Å². The third-order valence-electron chi connectivity index (χ3n) is 4.09. The Labute approximate surface area is 163 Å². The number of carbonyl (C=O) groups excluding carboxylic acids is 1. The molecular weight excluding hydrogens is 358 g/mol. The summed E-state index contributed by atoms with van der Waals surface area (Å²) in [5.74, 6) is -0.298. The summed E-state index contributed by atoms with van der Waals surface area (Å²) in [4.78, 5) is 41.5. The van der Waals surface area contributed by atoms with Crippen molar-refractivity contribution in [3.8, 4) is 6.07 Å². The number of nitrogens with zero attached hydrogens (tertiary/aromatic N) is 3. The number of aromatic amines is 1. The predicted molar refractivity (Wildman–Crippen MR) is 108 cm³/mol. The summed E-state index contributed by atoms with van der Waals surface area (Å²) < 4.78 is 1.28. The summed E-state index contributed by atoms with van der Waals surface area (Å²) in [5, 5.41) is 8.93. The second-order valence-corrected chi connectivity index (χ2v) is 7.50. The van der Waals surface area contributed by atoms with Gasteiger partial charge in [-0.15, -0.1) is 0 Å². The van der Waals surface area contributed by atoms with Gasteiger partial charge in [-0.2, -0.15) is 5.26 Å². The van der Waals surface area contributed by atoms with Crippen LogP contribution in [-0.2, 0) is 6.54 Å². The van der Waals surface area contributed by atoms with E-state index in [0.29, 0.717) is 17.7 Å². The highest BCUT2D eigenvalue weighted by Crippen LogP contribution is 2.21. The van der Waals surface area contributed by atoms with Crippen LogP contribution in [0.2, 0.25) is 0 Å². The second kappa shape index (κ2) is 8.57. The Kier molecular flexibility index (Phi) is 6.41. The maximum Gasteiger partial charge on any atom is 0.330 e. The Morgan fingerprint density at radius 3 is 2.29 bits per heavy atom. The van der Waals surface area contributed by atoms with Gasteiger partial charge in [-0.1, -0.05) is 27.7 Å². The molecule has 1 aromatic carbocycles. The van der Waals surface area contributed by atoms with Gasteiger partial charge in [-0.3, -0.25) is 19.1 Å². The van der Waals surface area contributed by atoms with Gasteiger partial charge in [0.25, 0.3) is 11.5 Å². The van der Waals surface area contributed by atoms with Gasteiger partial charge in [-0.05, 0) is 36.1 Å². The maximum absolute atomic E-state index is 13.2. The summed E-state index contributed by atoms with van der Waals surface area (Å²) in [5.41, 5.74) is 5.58. The standard InChI is InChI=1S/C20H25N5O3/c1-12(2)10-24(19(27)15-7-5-14(9-21)6-8-15)16-17(22)25(11-13(3)4)20(28)23-18(16)26/h5-8,12-13H,10-11,22H2,1-4H3,(H,23,26,28). The fourth-order valence-electron chi connectivity index (χ4n) is 2.87. The van der Waals surface area contributed by atoms with Crippen LogP contribution in [0.5, 0.6) is 0 Å². The molecule has 0 bridgehead atoms. The number of nitrogens with two attached hydrogens (primary N) is 1. The van der Waals surface area contributed by atoms with E-state index in [1.807, 2.05) is 33.8 Å². The van der Waals surface area contributed by atoms with Crippen LogP contribution in [0.1, 0.15) is 43.6 Å². The summed E-state index contributed by atoms with van der Waals surface area (Å²) in [6.07, 6.45) is 0. The van der Waals surface area contributed by atoms with Crippen molar-refractivity contribution >= 4 is 17.4 Å². The van der Waals surface area contributed by atoms with Crippen molar-refractivity contribution < 1.29 is 4.79 Å². The van der Waals surface area contributed by atoms with Crippen LogP contribution in [-0.4, -0.2) is 22.0 Å². The van der Waals surface area contributed by atoms with Gasteiger partial charge < -0.3 is 10.6 Å². The molecule has 0 unspecified atom stereocenters. The first-order chi connectivity index (χ1) is 13.1. The van der Waals surface area contributed by atoms with E-state index in [-0.39, 0.29) is 29.9 Å². The molecule has 2 rings (SSSR count). The highest BCUT2D eigenvalue weighted by atomic mass is 16.2. The van der Waals surface area contributed by atoms with E-state index in [1.165, 1.54) is 33.7 Å². The van der Waals surface area contributed by atoms with E-state index in [1.54, 1.807) is 0 Å². The van der Waals surface area contributed by atoms with Gasteiger partial charge in [0.2, 0.25) is 0 Å². The molecule has 0 aliphatic heterocycles. The van der Waals surface area contributed by atoms with Crippen LogP contribution >= 0.6 is 0 Å². The molecule has 148 valence electrons. The van der Waals surface area contributed by atoms with Crippen molar-refractivity contribution in [3.63, 3.8) is 0 Å². The predicted octanol–water partition coefficient (Wildman–Crippen LogP) is 1.95. The minimum absolute atomic E-state index is 0.0369. The molecule has 0 atom stereocenters. The molecule has 0 fully saturated rings. The summed E-state index contributed by atoms with van der Waals surface area (Å²) >= 11 is 0. The Balaban J connectivity index is 2.62. The first kappa shape index (κ1) is 21.0. The van der Waals surface area contributed by atoms with E-state index >= 15 is 0 Å². The van der Waals surface area contributed by atoms with Gasteiger partial charge in [0.15, 0.2) is 5.69 Å². The molecule has 0 aliphatic rings. The van der Waals surface area contributed by atoms with Crippen molar-refractivity contribution in [3.05, 3.63) is 56.2 Å². The number of carbonyl (C=O) groups is 1. The van der Waals surface area contributed by atoms with E-state index in [0.717, 1.165) is 0 Å². The number of anilines is 2. The molecule has 28 heavy (non-hydrogen) atoms. The zero-order valence-corrected chi connectivity index (χ0v) is 16.5. The lowest BCUT2D eigenvalue weighted by atomic mass is 10.1. The summed E-state index contributed by atoms with van der Waals surface area (Å²) in [6.45, 7) is 8.22. The first-order valence-electron chi connectivity index (χ1n) is 9.10. The molecule has 0 spiro atoms. The fourth-order valence-corrected chi connectivity index (χ4v) is 2.87. The largest absolute Gasteiger partial charge is 0.383 e. The second-order valence-electron chi connectivity index (χ2n) is 7.50. The number of benzene rings is 1. The topological polar surface area (TPSA) is 125 Å². The fraction of sp³-hybridized carbons (Fsp3) is 0.400. The number of rotatable bonds is 6. The van der Waals surface area contributed by atoms with Crippen LogP contribution in [0.3, 0.4) is 0 Å². The van der Waals surface area contributed by atoms with Gasteiger partial charge >= 0.3 is 5.69 Å². The number of nitrogen functional groups attached to an aromatic ring is 1. The number of nitrogens with one attached hydrogen (secondary N) is 1. The Hall–Kier alpha value is -3.34. The molecule has 1 amide bonds. The zero-order chi connectivity index (χ0) is 21.0. The Morgan fingerprint density at radius 1 is 1.18 bits per heavy atom. The molecule has 0 radical (unpaired) electrons. The molecule has 1 aromatic heterocycles. The lowest BCUT2D eigenvalue weighted by Gasteiger charge is -2.26. The molecule has 2 aromatic rings. The van der Waals surface area contributed by atoms with Crippen LogP contribution < -0.4 is 21.9 Å². The third-order valence-corrected chi connectivity index (χ3v) is 4.09. The molecule has 1 heterocycles.